The molecule has 0 spiro atoms. The molecule has 0 bridgehead atoms. The van der Waals surface area contributed by atoms with Crippen molar-refractivity contribution in [3.63, 3.8) is 0 Å². The number of aromatic nitrogens is 5. The van der Waals surface area contributed by atoms with Gasteiger partial charge in [-0.05, 0) is 48.7 Å². The number of fused-ring (bicyclic) bond motifs is 2. The summed E-state index contributed by atoms with van der Waals surface area (Å²) in [6.07, 6.45) is -2.91. The van der Waals surface area contributed by atoms with Gasteiger partial charge in [0.25, 0.3) is 12.3 Å². The molecule has 5 aromatic rings. The molecule has 10 nitrogen and oxygen atoms in total. The minimum absolute atomic E-state index is 0.0425. The van der Waals surface area contributed by atoms with E-state index in [1.807, 2.05) is 0 Å². The summed E-state index contributed by atoms with van der Waals surface area (Å²) in [6, 6.07) is 7.44. The number of anilines is 1. The van der Waals surface area contributed by atoms with Gasteiger partial charge in [0.1, 0.15) is 34.7 Å². The number of aryl methyl sites for hydroxylation is 1. The molecule has 0 saturated carbocycles. The Hall–Kier alpha value is -4.35. The van der Waals surface area contributed by atoms with Gasteiger partial charge in [-0.2, -0.15) is 19.0 Å². The maximum Gasteiger partial charge on any atom is 0.292 e. The number of amides is 1. The zero-order valence-electron chi connectivity index (χ0n) is 26.8. The van der Waals surface area contributed by atoms with Crippen LogP contribution < -0.4 is 10.0 Å². The normalized spacial score (nSPS) is 16.1. The maximum absolute atomic E-state index is 15.2. The molecule has 3 aromatic heterocycles. The van der Waals surface area contributed by atoms with Gasteiger partial charge in [-0.3, -0.25) is 18.9 Å². The smallest absolute Gasteiger partial charge is 0.292 e. The molecule has 1 aliphatic rings. The average molecular weight is 775 g/mol. The van der Waals surface area contributed by atoms with Gasteiger partial charge in [0.05, 0.1) is 33.9 Å². The van der Waals surface area contributed by atoms with Crippen LogP contribution >= 0.6 is 23.2 Å². The number of hydrogen-bond acceptors (Lipinski definition) is 6. The Morgan fingerprint density at radius 3 is 2.35 bits per heavy atom. The third-order valence-corrected chi connectivity index (χ3v) is 9.54. The van der Waals surface area contributed by atoms with Gasteiger partial charge >= 0.3 is 0 Å². The van der Waals surface area contributed by atoms with Gasteiger partial charge in [0.15, 0.2) is 5.82 Å². The summed E-state index contributed by atoms with van der Waals surface area (Å²) in [5, 5.41) is 10.9. The fraction of sp³-hybridized carbons (Fsp3) is 0.312. The van der Waals surface area contributed by atoms with E-state index in [9.17, 15) is 30.8 Å². The van der Waals surface area contributed by atoms with Crippen molar-refractivity contribution in [2.45, 2.75) is 44.7 Å². The molecule has 270 valence electrons. The molecule has 51 heavy (non-hydrogen) atoms. The maximum atomic E-state index is 15.2. The van der Waals surface area contributed by atoms with Crippen molar-refractivity contribution in [1.82, 2.24) is 29.9 Å². The largest absolute Gasteiger partial charge is 0.346 e. The van der Waals surface area contributed by atoms with E-state index in [4.69, 9.17) is 23.2 Å². The number of benzene rings is 2. The topological polar surface area (TPSA) is 124 Å². The first-order chi connectivity index (χ1) is 23.8. The summed E-state index contributed by atoms with van der Waals surface area (Å²) >= 11 is 12.8. The summed E-state index contributed by atoms with van der Waals surface area (Å²) < 4.78 is 115. The highest BCUT2D eigenvalue weighted by Gasteiger charge is 2.51. The highest BCUT2D eigenvalue weighted by atomic mass is 35.5. The van der Waals surface area contributed by atoms with E-state index in [0.29, 0.717) is 21.8 Å². The van der Waals surface area contributed by atoms with Crippen molar-refractivity contribution in [3.8, 4) is 11.1 Å². The van der Waals surface area contributed by atoms with Crippen molar-refractivity contribution in [2.75, 3.05) is 11.0 Å². The Bertz CT molecular complexity index is 2300. The lowest BCUT2D eigenvalue weighted by Gasteiger charge is -2.23. The fourth-order valence-corrected chi connectivity index (χ4v) is 7.28. The van der Waals surface area contributed by atoms with Crippen LogP contribution in [0.4, 0.5) is 32.2 Å². The van der Waals surface area contributed by atoms with Crippen LogP contribution in [0.3, 0.4) is 0 Å². The number of sulfonamides is 1. The summed E-state index contributed by atoms with van der Waals surface area (Å²) in [5.74, 6) is -7.75. The number of rotatable bonds is 10. The zero-order chi connectivity index (χ0) is 37.2. The molecule has 2 aromatic carbocycles. The molecule has 2 N–H and O–H groups in total. The van der Waals surface area contributed by atoms with E-state index in [1.165, 1.54) is 36.9 Å². The molecular formula is C32H27Cl2F6N7O3S. The second kappa shape index (κ2) is 13.3. The molecule has 1 amide bonds. The van der Waals surface area contributed by atoms with Crippen LogP contribution in [-0.2, 0) is 47.2 Å². The number of hydrogen-bond donors (Lipinski definition) is 2. The number of carbonyl (C=O) groups is 1. The molecule has 0 unspecified atom stereocenters. The average Bonchev–Trinajstić information content (AvgIpc) is 3.61. The third-order valence-electron chi connectivity index (χ3n) is 8.45. The monoisotopic (exact) mass is 773 g/mol. The van der Waals surface area contributed by atoms with Gasteiger partial charge < -0.3 is 5.32 Å². The number of nitrogens with one attached hydrogen (secondary N) is 2. The van der Waals surface area contributed by atoms with Crippen LogP contribution in [-0.4, -0.2) is 45.1 Å². The number of alkyl halides is 4. The summed E-state index contributed by atoms with van der Waals surface area (Å²) in [4.78, 5) is 18.1. The van der Waals surface area contributed by atoms with Crippen LogP contribution in [0.1, 0.15) is 47.6 Å². The first kappa shape index (κ1) is 36.4. The fourth-order valence-electron chi connectivity index (χ4n) is 6.39. The van der Waals surface area contributed by atoms with E-state index in [0.717, 1.165) is 18.4 Å². The van der Waals surface area contributed by atoms with Gasteiger partial charge in [-0.25, -0.2) is 31.0 Å². The van der Waals surface area contributed by atoms with Gasteiger partial charge in [0.2, 0.25) is 15.9 Å². The minimum Gasteiger partial charge on any atom is -0.346 e. The van der Waals surface area contributed by atoms with E-state index in [-0.39, 0.29) is 56.6 Å². The van der Waals surface area contributed by atoms with Crippen LogP contribution in [0.2, 0.25) is 10.2 Å². The van der Waals surface area contributed by atoms with Gasteiger partial charge in [-0.1, -0.05) is 36.2 Å². The van der Waals surface area contributed by atoms with Crippen LogP contribution in [0.15, 0.2) is 42.5 Å². The minimum atomic E-state index is -3.79. The summed E-state index contributed by atoms with van der Waals surface area (Å²) in [7, 11) is -2.27. The van der Waals surface area contributed by atoms with E-state index in [2.05, 4.69) is 25.2 Å². The van der Waals surface area contributed by atoms with Gasteiger partial charge in [0, 0.05) is 35.7 Å². The number of pyridine rings is 1. The highest BCUT2D eigenvalue weighted by Crippen LogP contribution is 2.48. The Labute approximate surface area is 296 Å². The predicted molar refractivity (Wildman–Crippen MR) is 177 cm³/mol. The van der Waals surface area contributed by atoms with E-state index < -0.39 is 69.8 Å². The second-order valence-corrected chi connectivity index (χ2v) is 14.8. The molecule has 0 aliphatic heterocycles. The third kappa shape index (κ3) is 7.10. The Morgan fingerprint density at radius 1 is 1.04 bits per heavy atom. The molecule has 0 saturated heterocycles. The Kier molecular flexibility index (Phi) is 9.52. The van der Waals surface area contributed by atoms with Crippen LogP contribution in [0.5, 0.6) is 0 Å². The SMILES string of the molecule is C[C@@H]1Cc2c(C(F)F)nn(CC(=O)N[C@@H](Cc3cc(F)cc(F)c3)c3nc(Cl)ccc3-c3ccc(Cl)c4c(NS(C)(=O)=O)nn(C)c34)c2C1(F)F. The lowest BCUT2D eigenvalue weighted by Crippen LogP contribution is -2.35. The van der Waals surface area contributed by atoms with Crippen molar-refractivity contribution < 1.29 is 39.6 Å². The quantitative estimate of drug-likeness (QED) is 0.115. The standard InChI is InChI=1S/C32H27Cl2F6N7O3S/c1-14-8-20-27(30(37)38)43-47(29(20)32(14,39)40)13-24(48)41-22(11-15-9-16(35)12-17(36)10-15)26-18(5-7-23(34)42-26)19-4-6-21(33)25-28(19)46(2)44-31(25)45-51(3,49)50/h4-7,9-10,12,14,22,30H,8,11,13H2,1-3H3,(H,41,48)(H,44,45)/t14-,22+/m1/s1. The number of carbonyl (C=O) groups excluding carboxylic acids is 1. The Morgan fingerprint density at radius 2 is 1.71 bits per heavy atom. The first-order valence-corrected chi connectivity index (χ1v) is 17.8. The summed E-state index contributed by atoms with van der Waals surface area (Å²) in [5.41, 5.74) is -0.873. The first-order valence-electron chi connectivity index (χ1n) is 15.1. The van der Waals surface area contributed by atoms with E-state index >= 15 is 8.78 Å². The van der Waals surface area contributed by atoms with Crippen molar-refractivity contribution in [2.24, 2.45) is 13.0 Å². The molecule has 1 aliphatic carbocycles. The second-order valence-electron chi connectivity index (χ2n) is 12.2. The molecule has 19 heteroatoms. The van der Waals surface area contributed by atoms with Crippen LogP contribution in [0.25, 0.3) is 22.0 Å². The number of halogens is 8. The summed E-state index contributed by atoms with van der Waals surface area (Å²) in [6.45, 7) is 0.297. The zero-order valence-corrected chi connectivity index (χ0v) is 29.1. The number of nitrogens with zero attached hydrogens (tertiary/aromatic N) is 5. The molecular weight excluding hydrogens is 747 g/mol. The van der Waals surface area contributed by atoms with Crippen molar-refractivity contribution in [3.05, 3.63) is 92.5 Å². The van der Waals surface area contributed by atoms with Crippen molar-refractivity contribution in [1.29, 1.82) is 0 Å². The molecule has 3 heterocycles. The molecule has 0 fully saturated rings. The molecule has 6 rings (SSSR count). The van der Waals surface area contributed by atoms with E-state index in [1.54, 1.807) is 6.07 Å². The molecule has 0 radical (unpaired) electrons. The molecule has 2 atom stereocenters. The van der Waals surface area contributed by atoms with Crippen LogP contribution in [0, 0.1) is 17.6 Å². The lowest BCUT2D eigenvalue weighted by molar-refractivity contribution is -0.123. The Balaban J connectivity index is 1.47. The lowest BCUT2D eigenvalue weighted by atomic mass is 9.94. The van der Waals surface area contributed by atoms with Crippen molar-refractivity contribution >= 4 is 55.9 Å². The van der Waals surface area contributed by atoms with Gasteiger partial charge in [-0.15, -0.1) is 0 Å². The predicted octanol–water partition coefficient (Wildman–Crippen LogP) is 7.11. The highest BCUT2D eigenvalue weighted by molar-refractivity contribution is 7.92.